The number of carbonyl (C=O) groups is 2. The van der Waals surface area contributed by atoms with E-state index >= 15 is 0 Å². The number of nitro groups is 2. The third-order valence-electron chi connectivity index (χ3n) is 3.39. The molecule has 0 saturated heterocycles. The van der Waals surface area contributed by atoms with Gasteiger partial charge in [-0.3, -0.25) is 25.0 Å². The molecule has 0 aliphatic carbocycles. The van der Waals surface area contributed by atoms with Crippen molar-refractivity contribution < 1.29 is 28.9 Å². The minimum atomic E-state index is -1.03. The zero-order chi connectivity index (χ0) is 20.8. The van der Waals surface area contributed by atoms with E-state index in [0.717, 1.165) is 30.3 Å². The van der Waals surface area contributed by atoms with Crippen molar-refractivity contribution in [3.05, 3.63) is 67.2 Å². The van der Waals surface area contributed by atoms with Crippen LogP contribution in [-0.2, 0) is 9.53 Å². The summed E-state index contributed by atoms with van der Waals surface area (Å²) in [5, 5.41) is 23.8. The predicted octanol–water partition coefficient (Wildman–Crippen LogP) is 2.96. The maximum atomic E-state index is 12.0. The fraction of sp³-hybridized carbons (Fsp3) is 0.125. The first kappa shape index (κ1) is 20.6. The highest BCUT2D eigenvalue weighted by Crippen LogP contribution is 2.29. The highest BCUT2D eigenvalue weighted by molar-refractivity contribution is 6.33. The second-order valence-electron chi connectivity index (χ2n) is 5.19. The van der Waals surface area contributed by atoms with E-state index in [1.807, 2.05) is 0 Å². The van der Waals surface area contributed by atoms with Crippen LogP contribution in [0.5, 0.6) is 5.75 Å². The van der Waals surface area contributed by atoms with Gasteiger partial charge in [0.1, 0.15) is 5.75 Å². The van der Waals surface area contributed by atoms with Gasteiger partial charge in [0.15, 0.2) is 6.61 Å². The van der Waals surface area contributed by atoms with Gasteiger partial charge in [-0.2, -0.15) is 0 Å². The number of nitro benzene ring substituents is 2. The highest BCUT2D eigenvalue weighted by Gasteiger charge is 2.19. The molecule has 0 aliphatic heterocycles. The molecule has 0 bridgehead atoms. The molecule has 0 atom stereocenters. The van der Waals surface area contributed by atoms with Crippen LogP contribution in [0.1, 0.15) is 10.4 Å². The number of carbonyl (C=O) groups excluding carboxylic acids is 2. The molecule has 1 N–H and O–H groups in total. The molecule has 0 heterocycles. The van der Waals surface area contributed by atoms with Gasteiger partial charge < -0.3 is 14.8 Å². The molecule has 0 spiro atoms. The van der Waals surface area contributed by atoms with Crippen molar-refractivity contribution in [2.75, 3.05) is 19.0 Å². The Balaban J connectivity index is 2.05. The summed E-state index contributed by atoms with van der Waals surface area (Å²) in [6.45, 7) is -0.724. The molecule has 0 aliphatic rings. The summed E-state index contributed by atoms with van der Waals surface area (Å²) < 4.78 is 9.78. The van der Waals surface area contributed by atoms with Crippen molar-refractivity contribution in [3.63, 3.8) is 0 Å². The van der Waals surface area contributed by atoms with E-state index in [4.69, 9.17) is 21.1 Å². The first-order valence-electron chi connectivity index (χ1n) is 7.46. The van der Waals surface area contributed by atoms with Crippen molar-refractivity contribution in [2.45, 2.75) is 0 Å². The zero-order valence-corrected chi connectivity index (χ0v) is 15.0. The van der Waals surface area contributed by atoms with E-state index in [1.165, 1.54) is 13.2 Å². The van der Waals surface area contributed by atoms with E-state index in [-0.39, 0.29) is 33.4 Å². The highest BCUT2D eigenvalue weighted by atomic mass is 35.5. The van der Waals surface area contributed by atoms with Crippen molar-refractivity contribution in [3.8, 4) is 5.75 Å². The summed E-state index contributed by atoms with van der Waals surface area (Å²) in [7, 11) is 1.26. The Hall–Kier alpha value is -3.73. The smallest absolute Gasteiger partial charge is 0.340 e. The Labute approximate surface area is 162 Å². The molecule has 146 valence electrons. The summed E-state index contributed by atoms with van der Waals surface area (Å²) in [5.41, 5.74) is -0.739. The van der Waals surface area contributed by atoms with Crippen LogP contribution in [0.25, 0.3) is 0 Å². The van der Waals surface area contributed by atoms with Gasteiger partial charge in [0.25, 0.3) is 17.3 Å². The summed E-state index contributed by atoms with van der Waals surface area (Å²) >= 11 is 5.83. The number of esters is 1. The number of benzene rings is 2. The molecule has 28 heavy (non-hydrogen) atoms. The number of amides is 1. The standard InChI is InChI=1S/C16H12ClN3O8/c1-27-14-7-10(20(25)26)3-5-13(14)18-15(21)8-28-16(22)11-6-9(19(23)24)2-4-12(11)17/h2-7H,8H2,1H3,(H,18,21). The Kier molecular flexibility index (Phi) is 6.45. The normalized spacial score (nSPS) is 10.1. The second kappa shape index (κ2) is 8.77. The quantitative estimate of drug-likeness (QED) is 0.416. The molecular formula is C16H12ClN3O8. The van der Waals surface area contributed by atoms with Gasteiger partial charge in [-0.25, -0.2) is 4.79 Å². The molecule has 12 heteroatoms. The van der Waals surface area contributed by atoms with Crippen LogP contribution in [0.2, 0.25) is 5.02 Å². The van der Waals surface area contributed by atoms with Crippen molar-refractivity contribution >= 4 is 40.5 Å². The van der Waals surface area contributed by atoms with E-state index in [0.29, 0.717) is 0 Å². The molecular weight excluding hydrogens is 398 g/mol. The number of non-ortho nitro benzene ring substituents is 2. The lowest BCUT2D eigenvalue weighted by atomic mass is 10.2. The second-order valence-corrected chi connectivity index (χ2v) is 5.59. The Morgan fingerprint density at radius 3 is 2.29 bits per heavy atom. The lowest BCUT2D eigenvalue weighted by molar-refractivity contribution is -0.385. The van der Waals surface area contributed by atoms with Crippen LogP contribution in [0.15, 0.2) is 36.4 Å². The Morgan fingerprint density at radius 2 is 1.68 bits per heavy atom. The number of hydrogen-bond donors (Lipinski definition) is 1. The number of ether oxygens (including phenoxy) is 2. The van der Waals surface area contributed by atoms with E-state index in [1.54, 1.807) is 0 Å². The third-order valence-corrected chi connectivity index (χ3v) is 3.71. The van der Waals surface area contributed by atoms with Gasteiger partial charge in [-0.05, 0) is 12.1 Å². The molecule has 0 radical (unpaired) electrons. The average molecular weight is 410 g/mol. The maximum Gasteiger partial charge on any atom is 0.340 e. The molecule has 1 amide bonds. The number of anilines is 1. The van der Waals surface area contributed by atoms with Gasteiger partial charge in [-0.15, -0.1) is 0 Å². The van der Waals surface area contributed by atoms with Crippen LogP contribution in [0, 0.1) is 20.2 Å². The van der Waals surface area contributed by atoms with E-state index in [9.17, 15) is 29.8 Å². The van der Waals surface area contributed by atoms with Gasteiger partial charge in [0.05, 0.1) is 39.3 Å². The number of hydrogen-bond acceptors (Lipinski definition) is 8. The summed E-state index contributed by atoms with van der Waals surface area (Å²) in [6.07, 6.45) is 0. The Morgan fingerprint density at radius 1 is 1.07 bits per heavy atom. The van der Waals surface area contributed by atoms with Crippen LogP contribution >= 0.6 is 11.6 Å². The van der Waals surface area contributed by atoms with Crippen molar-refractivity contribution in [1.29, 1.82) is 0 Å². The fourth-order valence-corrected chi connectivity index (χ4v) is 2.27. The molecule has 2 aromatic carbocycles. The molecule has 11 nitrogen and oxygen atoms in total. The van der Waals surface area contributed by atoms with Gasteiger partial charge >= 0.3 is 5.97 Å². The van der Waals surface area contributed by atoms with Gasteiger partial charge in [0, 0.05) is 18.2 Å². The molecule has 0 unspecified atom stereocenters. The van der Waals surface area contributed by atoms with Crippen LogP contribution in [0.4, 0.5) is 17.1 Å². The average Bonchev–Trinajstić information content (AvgIpc) is 2.66. The summed E-state index contributed by atoms with van der Waals surface area (Å²) in [4.78, 5) is 44.2. The summed E-state index contributed by atoms with van der Waals surface area (Å²) in [6, 6.07) is 6.75. The number of nitrogens with one attached hydrogen (secondary N) is 1. The number of nitrogens with zero attached hydrogens (tertiary/aromatic N) is 2. The first-order chi connectivity index (χ1) is 13.2. The van der Waals surface area contributed by atoms with Crippen molar-refractivity contribution in [2.24, 2.45) is 0 Å². The SMILES string of the molecule is COc1cc([N+](=O)[O-])ccc1NC(=O)COC(=O)c1cc([N+](=O)[O-])ccc1Cl. The number of rotatable bonds is 7. The minimum Gasteiger partial charge on any atom is -0.494 e. The molecule has 2 aromatic rings. The van der Waals surface area contributed by atoms with Gasteiger partial charge in [0.2, 0.25) is 0 Å². The topological polar surface area (TPSA) is 151 Å². The fourth-order valence-electron chi connectivity index (χ4n) is 2.08. The summed E-state index contributed by atoms with van der Waals surface area (Å²) in [5.74, 6) is -1.75. The number of methoxy groups -OCH3 is 1. The molecule has 0 fully saturated rings. The predicted molar refractivity (Wildman–Crippen MR) is 96.7 cm³/mol. The largest absolute Gasteiger partial charge is 0.494 e. The zero-order valence-electron chi connectivity index (χ0n) is 14.2. The van der Waals surface area contributed by atoms with Crippen LogP contribution in [0.3, 0.4) is 0 Å². The lowest BCUT2D eigenvalue weighted by Crippen LogP contribution is -2.21. The molecule has 2 rings (SSSR count). The third kappa shape index (κ3) is 4.92. The Bertz CT molecular complexity index is 963. The van der Waals surface area contributed by atoms with Crippen LogP contribution < -0.4 is 10.1 Å². The monoisotopic (exact) mass is 409 g/mol. The van der Waals surface area contributed by atoms with E-state index in [2.05, 4.69) is 5.32 Å². The molecule has 0 aromatic heterocycles. The lowest BCUT2D eigenvalue weighted by Gasteiger charge is -2.10. The minimum absolute atomic E-state index is 0.0376. The maximum absolute atomic E-state index is 12.0. The molecule has 0 saturated carbocycles. The van der Waals surface area contributed by atoms with E-state index < -0.39 is 28.3 Å². The van der Waals surface area contributed by atoms with Crippen LogP contribution in [-0.4, -0.2) is 35.4 Å². The van der Waals surface area contributed by atoms with Crippen molar-refractivity contribution in [1.82, 2.24) is 0 Å². The first-order valence-corrected chi connectivity index (χ1v) is 7.84. The number of halogens is 1. The van der Waals surface area contributed by atoms with Gasteiger partial charge in [-0.1, -0.05) is 11.6 Å².